The molecule has 7 nitrogen and oxygen atoms in total. The number of hydrogen-bond donors (Lipinski definition) is 1. The zero-order valence-electron chi connectivity index (χ0n) is 25.5. The van der Waals surface area contributed by atoms with Crippen LogP contribution in [0.3, 0.4) is 0 Å². The van der Waals surface area contributed by atoms with Crippen LogP contribution in [0.1, 0.15) is 62.3 Å². The van der Waals surface area contributed by atoms with Gasteiger partial charge in [-0.1, -0.05) is 86.1 Å². The second-order valence-electron chi connectivity index (χ2n) is 11.0. The van der Waals surface area contributed by atoms with Gasteiger partial charge in [-0.2, -0.15) is 0 Å². The molecule has 2 atom stereocenters. The van der Waals surface area contributed by atoms with Crippen molar-refractivity contribution in [2.75, 3.05) is 17.1 Å². The van der Waals surface area contributed by atoms with Crippen LogP contribution >= 0.6 is 0 Å². The molecule has 0 spiro atoms. The third kappa shape index (κ3) is 9.72. The van der Waals surface area contributed by atoms with Gasteiger partial charge in [0.2, 0.25) is 21.8 Å². The molecule has 0 aromatic heterocycles. The highest BCUT2D eigenvalue weighted by molar-refractivity contribution is 7.92. The van der Waals surface area contributed by atoms with Gasteiger partial charge in [-0.15, -0.1) is 0 Å². The maximum absolute atomic E-state index is 14.0. The lowest BCUT2D eigenvalue weighted by atomic mass is 10.0. The Labute approximate surface area is 252 Å². The number of hydrogen-bond acceptors (Lipinski definition) is 4. The van der Waals surface area contributed by atoms with E-state index in [-0.39, 0.29) is 37.4 Å². The Bertz CT molecular complexity index is 1410. The van der Waals surface area contributed by atoms with Crippen LogP contribution in [0.15, 0.2) is 78.9 Å². The molecule has 0 aliphatic rings. The van der Waals surface area contributed by atoms with E-state index in [2.05, 4.69) is 5.32 Å². The predicted octanol–water partition coefficient (Wildman–Crippen LogP) is 5.66. The summed E-state index contributed by atoms with van der Waals surface area (Å²) in [5, 5.41) is 3.09. The Morgan fingerprint density at radius 1 is 0.881 bits per heavy atom. The van der Waals surface area contributed by atoms with E-state index >= 15 is 0 Å². The molecule has 0 heterocycles. The summed E-state index contributed by atoms with van der Waals surface area (Å²) in [5.74, 6) is -0.380. The molecule has 2 amide bonds. The highest BCUT2D eigenvalue weighted by atomic mass is 32.2. The number of carbonyl (C=O) groups excluding carboxylic acids is 2. The van der Waals surface area contributed by atoms with Crippen molar-refractivity contribution >= 4 is 27.5 Å². The summed E-state index contributed by atoms with van der Waals surface area (Å²) < 4.78 is 26.7. The number of nitrogens with one attached hydrogen (secondary N) is 1. The average molecular weight is 592 g/mol. The standard InChI is InChI=1S/C34H45N3O4S/c1-6-27(4)35-34(39)32(24-29-14-9-8-10-15-29)36(25-30-16-11-13-26(3)23-30)33(38)17-12-22-37(42(5,40)41)31-20-18-28(7-2)19-21-31/h8-11,13-16,18-21,23,27,32H,6-7,12,17,22,24-25H2,1-5H3,(H,35,39)/t27-,32+/m1/s1. The first-order valence-corrected chi connectivity index (χ1v) is 16.6. The molecular formula is C34H45N3O4S. The number of rotatable bonds is 15. The van der Waals surface area contributed by atoms with E-state index < -0.39 is 16.1 Å². The molecule has 0 unspecified atom stereocenters. The Hall–Kier alpha value is -3.65. The van der Waals surface area contributed by atoms with Crippen LogP contribution in [0, 0.1) is 6.92 Å². The molecule has 3 aromatic rings. The van der Waals surface area contributed by atoms with Crippen LogP contribution in [0.2, 0.25) is 0 Å². The van der Waals surface area contributed by atoms with Gasteiger partial charge in [0.15, 0.2) is 0 Å². The van der Waals surface area contributed by atoms with Crippen molar-refractivity contribution in [3.63, 3.8) is 0 Å². The molecule has 226 valence electrons. The van der Waals surface area contributed by atoms with Gasteiger partial charge in [-0.3, -0.25) is 13.9 Å². The zero-order valence-corrected chi connectivity index (χ0v) is 26.4. The molecule has 42 heavy (non-hydrogen) atoms. The van der Waals surface area contributed by atoms with Gasteiger partial charge in [-0.05, 0) is 61.9 Å². The van der Waals surface area contributed by atoms with Gasteiger partial charge >= 0.3 is 0 Å². The number of benzene rings is 3. The third-order valence-electron chi connectivity index (χ3n) is 7.49. The fourth-order valence-corrected chi connectivity index (χ4v) is 5.87. The normalized spacial score (nSPS) is 12.8. The fraction of sp³-hybridized carbons (Fsp3) is 0.412. The maximum atomic E-state index is 14.0. The van der Waals surface area contributed by atoms with E-state index in [0.717, 1.165) is 35.1 Å². The molecule has 3 aromatic carbocycles. The van der Waals surface area contributed by atoms with E-state index in [1.165, 1.54) is 10.6 Å². The topological polar surface area (TPSA) is 86.8 Å². The monoisotopic (exact) mass is 591 g/mol. The Kier molecular flexibility index (Phi) is 12.2. The average Bonchev–Trinajstić information content (AvgIpc) is 2.97. The maximum Gasteiger partial charge on any atom is 0.243 e. The van der Waals surface area contributed by atoms with Gasteiger partial charge in [-0.25, -0.2) is 8.42 Å². The summed E-state index contributed by atoms with van der Waals surface area (Å²) in [6.07, 6.45) is 3.61. The zero-order chi connectivity index (χ0) is 30.7. The van der Waals surface area contributed by atoms with Crippen molar-refractivity contribution < 1.29 is 18.0 Å². The molecule has 1 N–H and O–H groups in total. The fourth-order valence-electron chi connectivity index (χ4n) is 4.90. The summed E-state index contributed by atoms with van der Waals surface area (Å²) in [7, 11) is -3.55. The second-order valence-corrected chi connectivity index (χ2v) is 12.9. The Balaban J connectivity index is 1.88. The number of anilines is 1. The van der Waals surface area contributed by atoms with Gasteiger partial charge in [0.25, 0.3) is 0 Å². The summed E-state index contributed by atoms with van der Waals surface area (Å²) in [6, 6.07) is 24.4. The predicted molar refractivity (Wildman–Crippen MR) is 171 cm³/mol. The lowest BCUT2D eigenvalue weighted by Gasteiger charge is -2.33. The van der Waals surface area contributed by atoms with Crippen LogP contribution in [0.25, 0.3) is 0 Å². The minimum atomic E-state index is -3.55. The Morgan fingerprint density at radius 2 is 1.55 bits per heavy atom. The van der Waals surface area contributed by atoms with Crippen molar-refractivity contribution in [2.24, 2.45) is 0 Å². The molecular weight excluding hydrogens is 546 g/mol. The van der Waals surface area contributed by atoms with Crippen molar-refractivity contribution in [3.8, 4) is 0 Å². The first-order valence-electron chi connectivity index (χ1n) is 14.8. The van der Waals surface area contributed by atoms with Crippen LogP contribution in [-0.4, -0.2) is 50.0 Å². The SMILES string of the molecule is CCc1ccc(N(CCCC(=O)N(Cc2cccc(C)c2)[C@@H](Cc2ccccc2)C(=O)N[C@H](C)CC)S(C)(=O)=O)cc1. The van der Waals surface area contributed by atoms with E-state index in [9.17, 15) is 18.0 Å². The number of nitrogens with zero attached hydrogens (tertiary/aromatic N) is 2. The highest BCUT2D eigenvalue weighted by Crippen LogP contribution is 2.21. The van der Waals surface area contributed by atoms with Crippen LogP contribution in [-0.2, 0) is 39.0 Å². The van der Waals surface area contributed by atoms with Crippen molar-refractivity contribution in [2.45, 2.75) is 78.4 Å². The molecule has 8 heteroatoms. The minimum Gasteiger partial charge on any atom is -0.352 e. The molecule has 0 saturated carbocycles. The summed E-state index contributed by atoms with van der Waals surface area (Å²) >= 11 is 0. The van der Waals surface area contributed by atoms with Crippen molar-refractivity contribution in [1.29, 1.82) is 0 Å². The largest absolute Gasteiger partial charge is 0.352 e. The van der Waals surface area contributed by atoms with Crippen molar-refractivity contribution in [1.82, 2.24) is 10.2 Å². The highest BCUT2D eigenvalue weighted by Gasteiger charge is 2.31. The number of amides is 2. The smallest absolute Gasteiger partial charge is 0.243 e. The van der Waals surface area contributed by atoms with E-state index in [1.54, 1.807) is 17.0 Å². The molecule has 0 aliphatic heterocycles. The van der Waals surface area contributed by atoms with Crippen molar-refractivity contribution in [3.05, 3.63) is 101 Å². The number of carbonyl (C=O) groups is 2. The van der Waals surface area contributed by atoms with Gasteiger partial charge in [0.05, 0.1) is 11.9 Å². The van der Waals surface area contributed by atoms with Crippen LogP contribution < -0.4 is 9.62 Å². The number of sulfonamides is 1. The first-order chi connectivity index (χ1) is 20.0. The number of aryl methyl sites for hydroxylation is 2. The lowest BCUT2D eigenvalue weighted by Crippen LogP contribution is -2.52. The summed E-state index contributed by atoms with van der Waals surface area (Å²) in [6.45, 7) is 8.45. The molecule has 0 radical (unpaired) electrons. The third-order valence-corrected chi connectivity index (χ3v) is 8.69. The first kappa shape index (κ1) is 32.9. The minimum absolute atomic E-state index is 0.0332. The summed E-state index contributed by atoms with van der Waals surface area (Å²) in [5.41, 5.74) is 4.67. The second kappa shape index (κ2) is 15.5. The van der Waals surface area contributed by atoms with Crippen LogP contribution in [0.4, 0.5) is 5.69 Å². The van der Waals surface area contributed by atoms with E-state index in [4.69, 9.17) is 0 Å². The van der Waals surface area contributed by atoms with Gasteiger partial charge < -0.3 is 10.2 Å². The molecule has 3 rings (SSSR count). The van der Waals surface area contributed by atoms with E-state index in [1.807, 2.05) is 94.4 Å². The van der Waals surface area contributed by atoms with Gasteiger partial charge in [0.1, 0.15) is 6.04 Å². The van der Waals surface area contributed by atoms with Crippen LogP contribution in [0.5, 0.6) is 0 Å². The quantitative estimate of drug-likeness (QED) is 0.247. The molecule has 0 saturated heterocycles. The van der Waals surface area contributed by atoms with E-state index in [0.29, 0.717) is 18.5 Å². The Morgan fingerprint density at radius 3 is 2.14 bits per heavy atom. The van der Waals surface area contributed by atoms with Gasteiger partial charge in [0, 0.05) is 32.0 Å². The lowest BCUT2D eigenvalue weighted by molar-refractivity contribution is -0.141. The summed E-state index contributed by atoms with van der Waals surface area (Å²) in [4.78, 5) is 29.3. The molecule has 0 fully saturated rings. The molecule has 0 bridgehead atoms. The molecule has 0 aliphatic carbocycles.